The van der Waals surface area contributed by atoms with Gasteiger partial charge in [0, 0.05) is 26.2 Å². The number of amides is 1. The maximum Gasteiger partial charge on any atom is 0.236 e. The van der Waals surface area contributed by atoms with Gasteiger partial charge in [-0.25, -0.2) is 0 Å². The van der Waals surface area contributed by atoms with E-state index in [9.17, 15) is 4.79 Å². The molecule has 136 valence electrons. The summed E-state index contributed by atoms with van der Waals surface area (Å²) in [6.07, 6.45) is 4.05. The molecule has 0 saturated carbocycles. The highest BCUT2D eigenvalue weighted by atomic mass is 16.5. The first kappa shape index (κ1) is 19.3. The van der Waals surface area contributed by atoms with Gasteiger partial charge in [0.2, 0.25) is 5.91 Å². The molecule has 0 atom stereocenters. The maximum atomic E-state index is 12.5. The van der Waals surface area contributed by atoms with E-state index in [1.807, 2.05) is 17.0 Å². The SMILES string of the molecule is CCCN(CCC)C(=O)CN1CCC(Oc2ccc(C#N)cc2)CC1. The first-order valence-electron chi connectivity index (χ1n) is 9.33. The van der Waals surface area contributed by atoms with E-state index in [2.05, 4.69) is 24.8 Å². The lowest BCUT2D eigenvalue weighted by molar-refractivity contribution is -0.133. The summed E-state index contributed by atoms with van der Waals surface area (Å²) in [4.78, 5) is 16.7. The van der Waals surface area contributed by atoms with Crippen molar-refractivity contribution in [2.75, 3.05) is 32.7 Å². The first-order valence-corrected chi connectivity index (χ1v) is 9.33. The van der Waals surface area contributed by atoms with Crippen LogP contribution < -0.4 is 4.74 Å². The van der Waals surface area contributed by atoms with Crippen molar-refractivity contribution in [1.82, 2.24) is 9.80 Å². The van der Waals surface area contributed by atoms with Crippen molar-refractivity contribution < 1.29 is 9.53 Å². The van der Waals surface area contributed by atoms with Crippen LogP contribution in [0.15, 0.2) is 24.3 Å². The molecule has 1 saturated heterocycles. The molecular formula is C20H29N3O2. The molecule has 1 aromatic carbocycles. The molecule has 0 aromatic heterocycles. The predicted molar refractivity (Wildman–Crippen MR) is 98.4 cm³/mol. The number of carbonyl (C=O) groups excluding carboxylic acids is 1. The third-order valence-corrected chi connectivity index (χ3v) is 4.52. The van der Waals surface area contributed by atoms with Crippen LogP contribution in [-0.2, 0) is 4.79 Å². The highest BCUT2D eigenvalue weighted by Gasteiger charge is 2.23. The Morgan fingerprint density at radius 2 is 1.80 bits per heavy atom. The number of nitrogens with zero attached hydrogens (tertiary/aromatic N) is 3. The number of hydrogen-bond acceptors (Lipinski definition) is 4. The molecule has 1 fully saturated rings. The Bertz CT molecular complexity index is 566. The maximum absolute atomic E-state index is 12.5. The van der Waals surface area contributed by atoms with Gasteiger partial charge in [0.1, 0.15) is 11.9 Å². The van der Waals surface area contributed by atoms with Crippen LogP contribution in [0, 0.1) is 11.3 Å². The summed E-state index contributed by atoms with van der Waals surface area (Å²) in [5, 5.41) is 8.83. The molecule has 25 heavy (non-hydrogen) atoms. The number of nitriles is 1. The lowest BCUT2D eigenvalue weighted by atomic mass is 10.1. The zero-order valence-corrected chi connectivity index (χ0v) is 15.4. The predicted octanol–water partition coefficient (Wildman–Crippen LogP) is 3.05. The summed E-state index contributed by atoms with van der Waals surface area (Å²) in [5.41, 5.74) is 0.643. The highest BCUT2D eigenvalue weighted by molar-refractivity contribution is 5.78. The molecule has 0 N–H and O–H groups in total. The fourth-order valence-electron chi connectivity index (χ4n) is 3.18. The Hall–Kier alpha value is -2.06. The Morgan fingerprint density at radius 1 is 1.20 bits per heavy atom. The van der Waals surface area contributed by atoms with Crippen molar-refractivity contribution in [3.63, 3.8) is 0 Å². The van der Waals surface area contributed by atoms with Crippen molar-refractivity contribution in [2.24, 2.45) is 0 Å². The van der Waals surface area contributed by atoms with Crippen LogP contribution in [0.1, 0.15) is 45.1 Å². The van der Waals surface area contributed by atoms with Gasteiger partial charge in [-0.3, -0.25) is 9.69 Å². The standard InChI is InChI=1S/C20H29N3O2/c1-3-11-23(12-4-2)20(24)16-22-13-9-19(10-14-22)25-18-7-5-17(15-21)6-8-18/h5-8,19H,3-4,9-14,16H2,1-2H3. The van der Waals surface area contributed by atoms with Gasteiger partial charge in [0.05, 0.1) is 18.2 Å². The van der Waals surface area contributed by atoms with Crippen molar-refractivity contribution >= 4 is 5.91 Å². The van der Waals surface area contributed by atoms with E-state index in [1.54, 1.807) is 12.1 Å². The molecule has 1 aliphatic heterocycles. The monoisotopic (exact) mass is 343 g/mol. The van der Waals surface area contributed by atoms with Crippen molar-refractivity contribution in [3.05, 3.63) is 29.8 Å². The molecule has 1 amide bonds. The van der Waals surface area contributed by atoms with Gasteiger partial charge in [-0.1, -0.05) is 13.8 Å². The van der Waals surface area contributed by atoms with E-state index in [-0.39, 0.29) is 12.0 Å². The molecule has 0 aliphatic carbocycles. The van der Waals surface area contributed by atoms with Crippen LogP contribution in [0.3, 0.4) is 0 Å². The third kappa shape index (κ3) is 6.06. The van der Waals surface area contributed by atoms with E-state index in [0.717, 1.165) is 57.6 Å². The number of ether oxygens (including phenoxy) is 1. The largest absolute Gasteiger partial charge is 0.490 e. The number of carbonyl (C=O) groups is 1. The Labute approximate surface area is 151 Å². The topological polar surface area (TPSA) is 56.6 Å². The summed E-state index contributed by atoms with van der Waals surface area (Å²) >= 11 is 0. The van der Waals surface area contributed by atoms with Crippen LogP contribution in [0.5, 0.6) is 5.75 Å². The van der Waals surface area contributed by atoms with Gasteiger partial charge in [-0.2, -0.15) is 5.26 Å². The van der Waals surface area contributed by atoms with Gasteiger partial charge in [-0.05, 0) is 49.9 Å². The minimum atomic E-state index is 0.182. The Morgan fingerprint density at radius 3 is 2.32 bits per heavy atom. The van der Waals surface area contributed by atoms with Gasteiger partial charge in [0.15, 0.2) is 0 Å². The van der Waals surface area contributed by atoms with Gasteiger partial charge in [-0.15, -0.1) is 0 Å². The van der Waals surface area contributed by atoms with Crippen LogP contribution in [-0.4, -0.2) is 54.5 Å². The molecule has 2 rings (SSSR count). The molecule has 0 radical (unpaired) electrons. The number of hydrogen-bond donors (Lipinski definition) is 0. The van der Waals surface area contributed by atoms with Crippen LogP contribution >= 0.6 is 0 Å². The highest BCUT2D eigenvalue weighted by Crippen LogP contribution is 2.19. The summed E-state index contributed by atoms with van der Waals surface area (Å²) in [6.45, 7) is 8.22. The van der Waals surface area contributed by atoms with Gasteiger partial charge in [0.25, 0.3) is 0 Å². The van der Waals surface area contributed by atoms with Crippen molar-refractivity contribution in [2.45, 2.75) is 45.6 Å². The summed E-state index contributed by atoms with van der Waals surface area (Å²) in [6, 6.07) is 9.36. The number of benzene rings is 1. The normalized spacial score (nSPS) is 15.6. The van der Waals surface area contributed by atoms with Gasteiger partial charge >= 0.3 is 0 Å². The second-order valence-electron chi connectivity index (χ2n) is 6.61. The lowest BCUT2D eigenvalue weighted by Crippen LogP contribution is -2.45. The fourth-order valence-corrected chi connectivity index (χ4v) is 3.18. The van der Waals surface area contributed by atoms with Crippen molar-refractivity contribution in [1.29, 1.82) is 5.26 Å². The van der Waals surface area contributed by atoms with Crippen LogP contribution in [0.2, 0.25) is 0 Å². The minimum absolute atomic E-state index is 0.182. The number of rotatable bonds is 8. The van der Waals surface area contributed by atoms with E-state index >= 15 is 0 Å². The zero-order chi connectivity index (χ0) is 18.1. The van der Waals surface area contributed by atoms with Crippen LogP contribution in [0.4, 0.5) is 0 Å². The summed E-state index contributed by atoms with van der Waals surface area (Å²) in [7, 11) is 0. The molecule has 0 spiro atoms. The molecule has 5 nitrogen and oxygen atoms in total. The molecule has 0 unspecified atom stereocenters. The molecule has 1 heterocycles. The quantitative estimate of drug-likeness (QED) is 0.728. The average Bonchev–Trinajstić information content (AvgIpc) is 2.64. The fraction of sp³-hybridized carbons (Fsp3) is 0.600. The Kier molecular flexibility index (Phi) is 7.75. The number of likely N-dealkylation sites (tertiary alicyclic amines) is 1. The second kappa shape index (κ2) is 10.0. The third-order valence-electron chi connectivity index (χ3n) is 4.52. The molecule has 5 heteroatoms. The molecule has 0 bridgehead atoms. The molecule has 1 aliphatic rings. The Balaban J connectivity index is 1.76. The molecule has 1 aromatic rings. The van der Waals surface area contributed by atoms with Gasteiger partial charge < -0.3 is 9.64 Å². The van der Waals surface area contributed by atoms with E-state index < -0.39 is 0 Å². The summed E-state index contributed by atoms with van der Waals surface area (Å²) < 4.78 is 6.00. The zero-order valence-electron chi connectivity index (χ0n) is 15.4. The average molecular weight is 343 g/mol. The van der Waals surface area contributed by atoms with Crippen LogP contribution in [0.25, 0.3) is 0 Å². The minimum Gasteiger partial charge on any atom is -0.490 e. The molecular weight excluding hydrogens is 314 g/mol. The number of piperidine rings is 1. The van der Waals surface area contributed by atoms with E-state index in [0.29, 0.717) is 12.1 Å². The van der Waals surface area contributed by atoms with E-state index in [4.69, 9.17) is 10.00 Å². The lowest BCUT2D eigenvalue weighted by Gasteiger charge is -2.33. The summed E-state index contributed by atoms with van der Waals surface area (Å²) in [5.74, 6) is 1.06. The van der Waals surface area contributed by atoms with Crippen molar-refractivity contribution in [3.8, 4) is 11.8 Å². The first-order chi connectivity index (χ1) is 12.2. The van der Waals surface area contributed by atoms with E-state index in [1.165, 1.54) is 0 Å². The smallest absolute Gasteiger partial charge is 0.236 e. The second-order valence-corrected chi connectivity index (χ2v) is 6.61.